The number of rotatable bonds is 7. The standard InChI is InChI=1S/C24H17F2N3O4/c25-18-7-1-16(2-8-18)5-13-23(30)27-20-11-12-22(29(32)33)21(15-20)28-24(31)14-6-17-3-9-19(26)10-4-17/h1-15H,(H,27,30)(H,28,31)/b13-5-,14-6+. The van der Waals surface area contributed by atoms with Crippen molar-refractivity contribution in [3.63, 3.8) is 0 Å². The number of halogens is 2. The van der Waals surface area contributed by atoms with Gasteiger partial charge < -0.3 is 10.6 Å². The second-order valence-electron chi connectivity index (χ2n) is 6.74. The Morgan fingerprint density at radius 1 is 0.758 bits per heavy atom. The molecule has 0 heterocycles. The average molecular weight is 449 g/mol. The number of carbonyl (C=O) groups is 2. The van der Waals surface area contributed by atoms with Crippen molar-refractivity contribution in [3.05, 3.63) is 112 Å². The highest BCUT2D eigenvalue weighted by atomic mass is 19.1. The van der Waals surface area contributed by atoms with Crippen molar-refractivity contribution in [2.75, 3.05) is 10.6 Å². The van der Waals surface area contributed by atoms with E-state index in [4.69, 9.17) is 0 Å². The number of carbonyl (C=O) groups excluding carboxylic acids is 2. The number of hydrogen-bond acceptors (Lipinski definition) is 4. The maximum Gasteiger partial charge on any atom is 0.292 e. The van der Waals surface area contributed by atoms with E-state index in [1.807, 2.05) is 0 Å². The first-order chi connectivity index (χ1) is 15.8. The van der Waals surface area contributed by atoms with Crippen molar-refractivity contribution >= 4 is 41.0 Å². The summed E-state index contributed by atoms with van der Waals surface area (Å²) in [4.78, 5) is 35.0. The molecule has 2 N–H and O–H groups in total. The molecular weight excluding hydrogens is 432 g/mol. The molecule has 2 amide bonds. The zero-order chi connectivity index (χ0) is 23.8. The van der Waals surface area contributed by atoms with Gasteiger partial charge in [-0.25, -0.2) is 8.78 Å². The lowest BCUT2D eigenvalue weighted by Crippen LogP contribution is -2.12. The Morgan fingerprint density at radius 2 is 1.24 bits per heavy atom. The number of anilines is 2. The molecule has 0 aromatic heterocycles. The van der Waals surface area contributed by atoms with Gasteiger partial charge in [0.1, 0.15) is 17.3 Å². The van der Waals surface area contributed by atoms with Gasteiger partial charge in [0.2, 0.25) is 11.8 Å². The third-order valence-electron chi connectivity index (χ3n) is 4.31. The summed E-state index contributed by atoms with van der Waals surface area (Å²) in [6, 6.07) is 14.7. The highest BCUT2D eigenvalue weighted by Gasteiger charge is 2.16. The molecule has 0 spiro atoms. The smallest absolute Gasteiger partial charge is 0.292 e. The van der Waals surface area contributed by atoms with Crippen LogP contribution in [0.3, 0.4) is 0 Å². The first-order valence-electron chi connectivity index (χ1n) is 9.58. The van der Waals surface area contributed by atoms with E-state index in [1.54, 1.807) is 0 Å². The Kier molecular flexibility index (Phi) is 7.38. The molecule has 0 aliphatic rings. The Bertz CT molecular complexity index is 1240. The lowest BCUT2D eigenvalue weighted by Gasteiger charge is -2.07. The van der Waals surface area contributed by atoms with Gasteiger partial charge in [0.15, 0.2) is 0 Å². The monoisotopic (exact) mass is 449 g/mol. The number of hydrogen-bond donors (Lipinski definition) is 2. The van der Waals surface area contributed by atoms with Crippen LogP contribution >= 0.6 is 0 Å². The molecule has 0 saturated heterocycles. The quantitative estimate of drug-likeness (QED) is 0.295. The molecule has 0 aliphatic heterocycles. The van der Waals surface area contributed by atoms with Crippen LogP contribution in [0.15, 0.2) is 78.9 Å². The first kappa shape index (κ1) is 23.0. The number of nitrogens with one attached hydrogen (secondary N) is 2. The molecule has 7 nitrogen and oxygen atoms in total. The number of benzene rings is 3. The molecule has 3 aromatic carbocycles. The fraction of sp³-hybridized carbons (Fsp3) is 0. The molecule has 0 unspecified atom stereocenters. The number of nitro benzene ring substituents is 1. The lowest BCUT2D eigenvalue weighted by molar-refractivity contribution is -0.383. The van der Waals surface area contributed by atoms with Gasteiger partial charge >= 0.3 is 0 Å². The minimum atomic E-state index is -0.667. The number of amides is 2. The average Bonchev–Trinajstić information content (AvgIpc) is 2.78. The van der Waals surface area contributed by atoms with Gasteiger partial charge in [-0.15, -0.1) is 0 Å². The van der Waals surface area contributed by atoms with E-state index in [9.17, 15) is 28.5 Å². The molecule has 0 saturated carbocycles. The van der Waals surface area contributed by atoms with Crippen LogP contribution in [0, 0.1) is 21.7 Å². The maximum absolute atomic E-state index is 13.0. The van der Waals surface area contributed by atoms with E-state index in [1.165, 1.54) is 78.9 Å². The molecule has 9 heteroatoms. The normalized spacial score (nSPS) is 11.0. The van der Waals surface area contributed by atoms with E-state index in [0.29, 0.717) is 11.1 Å². The Labute approximate surface area is 187 Å². The SMILES string of the molecule is O=C(/C=C\c1ccc(F)cc1)Nc1ccc([N+](=O)[O-])c(NC(=O)/C=C/c2ccc(F)cc2)c1. The van der Waals surface area contributed by atoms with Crippen LogP contribution < -0.4 is 10.6 Å². The molecule has 33 heavy (non-hydrogen) atoms. The zero-order valence-corrected chi connectivity index (χ0v) is 17.0. The molecule has 0 atom stereocenters. The van der Waals surface area contributed by atoms with Gasteiger partial charge in [0.25, 0.3) is 5.69 Å². The number of nitrogens with zero attached hydrogens (tertiary/aromatic N) is 1. The number of nitro groups is 1. The van der Waals surface area contributed by atoms with Crippen LogP contribution in [0.25, 0.3) is 12.2 Å². The van der Waals surface area contributed by atoms with E-state index in [-0.39, 0.29) is 17.1 Å². The molecule has 3 aromatic rings. The highest BCUT2D eigenvalue weighted by molar-refractivity contribution is 6.05. The third kappa shape index (κ3) is 6.93. The summed E-state index contributed by atoms with van der Waals surface area (Å²) < 4.78 is 25.9. The molecule has 0 bridgehead atoms. The van der Waals surface area contributed by atoms with E-state index in [0.717, 1.165) is 12.1 Å². The van der Waals surface area contributed by atoms with Crippen molar-refractivity contribution < 1.29 is 23.3 Å². The van der Waals surface area contributed by atoms with Gasteiger partial charge in [-0.2, -0.15) is 0 Å². The van der Waals surface area contributed by atoms with Gasteiger partial charge in [0.05, 0.1) is 4.92 Å². The largest absolute Gasteiger partial charge is 0.322 e. The zero-order valence-electron chi connectivity index (χ0n) is 17.0. The van der Waals surface area contributed by atoms with Crippen LogP contribution in [0.5, 0.6) is 0 Å². The molecule has 0 radical (unpaired) electrons. The van der Waals surface area contributed by atoms with Crippen molar-refractivity contribution in [2.24, 2.45) is 0 Å². The maximum atomic E-state index is 13.0. The Balaban J connectivity index is 1.71. The predicted molar refractivity (Wildman–Crippen MR) is 121 cm³/mol. The first-order valence-corrected chi connectivity index (χ1v) is 9.58. The van der Waals surface area contributed by atoms with Crippen molar-refractivity contribution in [1.82, 2.24) is 0 Å². The summed E-state index contributed by atoms with van der Waals surface area (Å²) in [5.41, 5.74) is 0.908. The van der Waals surface area contributed by atoms with Crippen LogP contribution in [-0.4, -0.2) is 16.7 Å². The van der Waals surface area contributed by atoms with Crippen molar-refractivity contribution in [3.8, 4) is 0 Å². The van der Waals surface area contributed by atoms with E-state index >= 15 is 0 Å². The molecule has 3 rings (SSSR count). The van der Waals surface area contributed by atoms with Gasteiger partial charge in [0, 0.05) is 23.9 Å². The molecule has 166 valence electrons. The minimum absolute atomic E-state index is 0.117. The van der Waals surface area contributed by atoms with Crippen LogP contribution in [0.4, 0.5) is 25.8 Å². The van der Waals surface area contributed by atoms with Crippen LogP contribution in [0.2, 0.25) is 0 Å². The summed E-state index contributed by atoms with van der Waals surface area (Å²) in [7, 11) is 0. The highest BCUT2D eigenvalue weighted by Crippen LogP contribution is 2.28. The van der Waals surface area contributed by atoms with Crippen molar-refractivity contribution in [1.29, 1.82) is 0 Å². The predicted octanol–water partition coefficient (Wildman–Crippen LogP) is 5.18. The minimum Gasteiger partial charge on any atom is -0.322 e. The van der Waals surface area contributed by atoms with Crippen molar-refractivity contribution in [2.45, 2.75) is 0 Å². The summed E-state index contributed by atoms with van der Waals surface area (Å²) in [6.07, 6.45) is 5.27. The summed E-state index contributed by atoms with van der Waals surface area (Å²) >= 11 is 0. The van der Waals surface area contributed by atoms with Crippen LogP contribution in [-0.2, 0) is 9.59 Å². The Morgan fingerprint density at radius 3 is 1.73 bits per heavy atom. The summed E-state index contributed by atoms with van der Waals surface area (Å²) in [6.45, 7) is 0. The third-order valence-corrected chi connectivity index (χ3v) is 4.31. The molecule has 0 aliphatic carbocycles. The van der Waals surface area contributed by atoms with Gasteiger partial charge in [-0.05, 0) is 59.7 Å². The van der Waals surface area contributed by atoms with E-state index < -0.39 is 28.4 Å². The second-order valence-corrected chi connectivity index (χ2v) is 6.74. The lowest BCUT2D eigenvalue weighted by atomic mass is 10.2. The van der Waals surface area contributed by atoms with Gasteiger partial charge in [-0.1, -0.05) is 24.3 Å². The fourth-order valence-corrected chi connectivity index (χ4v) is 2.72. The fourth-order valence-electron chi connectivity index (χ4n) is 2.72. The van der Waals surface area contributed by atoms with Crippen LogP contribution in [0.1, 0.15) is 11.1 Å². The molecule has 0 fully saturated rings. The summed E-state index contributed by atoms with van der Waals surface area (Å²) in [5, 5.41) is 16.3. The topological polar surface area (TPSA) is 101 Å². The van der Waals surface area contributed by atoms with E-state index in [2.05, 4.69) is 10.6 Å². The molecular formula is C24H17F2N3O4. The summed E-state index contributed by atoms with van der Waals surface area (Å²) in [5.74, 6) is -1.99. The van der Waals surface area contributed by atoms with Gasteiger partial charge in [-0.3, -0.25) is 19.7 Å². The second kappa shape index (κ2) is 10.6. The Hall–Kier alpha value is -4.66.